The summed E-state index contributed by atoms with van der Waals surface area (Å²) in [7, 11) is -3.33. The molecule has 0 atom stereocenters. The number of aromatic nitrogens is 2. The number of nitrogens with zero attached hydrogens (tertiary/aromatic N) is 1. The molecule has 0 aliphatic carbocycles. The molecule has 0 saturated heterocycles. The van der Waals surface area contributed by atoms with Crippen LogP contribution in [0.3, 0.4) is 0 Å². The molecule has 2 rings (SSSR count). The number of benzene rings is 1. The molecular formula is C13H17N3O2S. The zero-order chi connectivity index (χ0) is 13.7. The Bertz CT molecular complexity index is 620. The lowest BCUT2D eigenvalue weighted by Crippen LogP contribution is -2.24. The van der Waals surface area contributed by atoms with Gasteiger partial charge in [-0.15, -0.1) is 0 Å². The van der Waals surface area contributed by atoms with Crippen LogP contribution in [0.15, 0.2) is 36.4 Å². The van der Waals surface area contributed by atoms with Gasteiger partial charge >= 0.3 is 0 Å². The van der Waals surface area contributed by atoms with E-state index in [1.807, 2.05) is 31.2 Å². The Labute approximate surface area is 113 Å². The second-order valence-electron chi connectivity index (χ2n) is 4.30. The number of nitrogens with one attached hydrogen (secondary N) is 2. The molecule has 2 N–H and O–H groups in total. The van der Waals surface area contributed by atoms with Crippen LogP contribution in [-0.2, 0) is 28.7 Å². The predicted molar refractivity (Wildman–Crippen MR) is 73.9 cm³/mol. The summed E-state index contributed by atoms with van der Waals surface area (Å²) < 4.78 is 26.4. The number of rotatable bonds is 6. The fourth-order valence-electron chi connectivity index (χ4n) is 1.71. The second-order valence-corrected chi connectivity index (χ2v) is 6.11. The summed E-state index contributed by atoms with van der Waals surface area (Å²) in [5, 5.41) is 6.88. The van der Waals surface area contributed by atoms with Crippen molar-refractivity contribution in [2.24, 2.45) is 0 Å². The first kappa shape index (κ1) is 13.8. The maximum atomic E-state index is 11.9. The number of H-pyrrole nitrogens is 1. The molecule has 0 aliphatic rings. The molecular weight excluding hydrogens is 262 g/mol. The lowest BCUT2D eigenvalue weighted by atomic mass is 10.2. The third kappa shape index (κ3) is 4.18. The van der Waals surface area contributed by atoms with E-state index in [2.05, 4.69) is 14.9 Å². The molecule has 0 unspecified atom stereocenters. The summed E-state index contributed by atoms with van der Waals surface area (Å²) in [5.74, 6) is -0.0113. The Morgan fingerprint density at radius 3 is 2.63 bits per heavy atom. The molecule has 0 fully saturated rings. The number of aromatic amines is 1. The minimum Gasteiger partial charge on any atom is -0.281 e. The Kier molecular flexibility index (Phi) is 4.34. The zero-order valence-electron chi connectivity index (χ0n) is 10.8. The van der Waals surface area contributed by atoms with Gasteiger partial charge in [0.25, 0.3) is 0 Å². The summed E-state index contributed by atoms with van der Waals surface area (Å²) >= 11 is 0. The minimum atomic E-state index is -3.33. The van der Waals surface area contributed by atoms with Gasteiger partial charge < -0.3 is 0 Å². The number of hydrogen-bond acceptors (Lipinski definition) is 3. The molecule has 1 aromatic heterocycles. The number of sulfonamides is 1. The van der Waals surface area contributed by atoms with Gasteiger partial charge in [-0.05, 0) is 18.1 Å². The molecule has 0 bridgehead atoms. The average molecular weight is 279 g/mol. The smallest absolute Gasteiger partial charge is 0.216 e. The molecule has 5 nitrogen and oxygen atoms in total. The van der Waals surface area contributed by atoms with Gasteiger partial charge in [-0.1, -0.05) is 37.3 Å². The van der Waals surface area contributed by atoms with Crippen molar-refractivity contribution >= 4 is 10.0 Å². The fourth-order valence-corrected chi connectivity index (χ4v) is 2.82. The molecule has 0 radical (unpaired) electrons. The summed E-state index contributed by atoms with van der Waals surface area (Å²) in [6.45, 7) is 2.24. The summed E-state index contributed by atoms with van der Waals surface area (Å²) in [6, 6.07) is 11.0. The lowest BCUT2D eigenvalue weighted by Gasteiger charge is -2.05. The van der Waals surface area contributed by atoms with E-state index in [4.69, 9.17) is 0 Å². The summed E-state index contributed by atoms with van der Waals surface area (Å²) in [5.41, 5.74) is 2.47. The Balaban J connectivity index is 1.94. The SMILES string of the molecule is CCc1cc(CNS(=O)(=O)Cc2ccccc2)[nH]n1. The van der Waals surface area contributed by atoms with Crippen LogP contribution in [0.25, 0.3) is 0 Å². The Morgan fingerprint density at radius 2 is 2.00 bits per heavy atom. The van der Waals surface area contributed by atoms with Crippen molar-refractivity contribution in [2.45, 2.75) is 25.6 Å². The first-order chi connectivity index (χ1) is 9.09. The van der Waals surface area contributed by atoms with Gasteiger partial charge in [0.15, 0.2) is 0 Å². The average Bonchev–Trinajstić information content (AvgIpc) is 2.85. The molecule has 1 aromatic carbocycles. The molecule has 19 heavy (non-hydrogen) atoms. The minimum absolute atomic E-state index is 0.0113. The molecule has 102 valence electrons. The standard InChI is InChI=1S/C13H17N3O2S/c1-2-12-8-13(16-15-12)9-14-19(17,18)10-11-6-4-3-5-7-11/h3-8,14H,2,9-10H2,1H3,(H,15,16). The van der Waals surface area contributed by atoms with E-state index < -0.39 is 10.0 Å². The van der Waals surface area contributed by atoms with Crippen molar-refractivity contribution in [3.8, 4) is 0 Å². The zero-order valence-corrected chi connectivity index (χ0v) is 11.6. The van der Waals surface area contributed by atoms with E-state index in [1.54, 1.807) is 12.1 Å². The van der Waals surface area contributed by atoms with Crippen LogP contribution in [0.2, 0.25) is 0 Å². The van der Waals surface area contributed by atoms with Crippen molar-refractivity contribution < 1.29 is 8.42 Å². The molecule has 0 spiro atoms. The molecule has 0 saturated carbocycles. The van der Waals surface area contributed by atoms with Crippen molar-refractivity contribution in [3.05, 3.63) is 53.3 Å². The highest BCUT2D eigenvalue weighted by Gasteiger charge is 2.11. The van der Waals surface area contributed by atoms with Crippen molar-refractivity contribution in [2.75, 3.05) is 0 Å². The van der Waals surface area contributed by atoms with E-state index in [0.717, 1.165) is 23.4 Å². The van der Waals surface area contributed by atoms with Gasteiger partial charge in [-0.2, -0.15) is 5.10 Å². The first-order valence-electron chi connectivity index (χ1n) is 6.13. The fraction of sp³-hybridized carbons (Fsp3) is 0.308. The van der Waals surface area contributed by atoms with Crippen LogP contribution in [0.5, 0.6) is 0 Å². The summed E-state index contributed by atoms with van der Waals surface area (Å²) in [4.78, 5) is 0. The van der Waals surface area contributed by atoms with E-state index >= 15 is 0 Å². The van der Waals surface area contributed by atoms with Gasteiger partial charge in [-0.25, -0.2) is 13.1 Å². The highest BCUT2D eigenvalue weighted by Crippen LogP contribution is 2.05. The van der Waals surface area contributed by atoms with Crippen LogP contribution < -0.4 is 4.72 Å². The molecule has 0 aliphatic heterocycles. The van der Waals surface area contributed by atoms with E-state index in [-0.39, 0.29) is 12.3 Å². The van der Waals surface area contributed by atoms with Crippen molar-refractivity contribution in [1.82, 2.24) is 14.9 Å². The van der Waals surface area contributed by atoms with Crippen LogP contribution >= 0.6 is 0 Å². The Morgan fingerprint density at radius 1 is 1.26 bits per heavy atom. The molecule has 0 amide bonds. The van der Waals surface area contributed by atoms with Crippen LogP contribution in [0.4, 0.5) is 0 Å². The van der Waals surface area contributed by atoms with E-state index in [9.17, 15) is 8.42 Å². The van der Waals surface area contributed by atoms with Gasteiger partial charge in [-0.3, -0.25) is 5.10 Å². The number of hydrogen-bond donors (Lipinski definition) is 2. The quantitative estimate of drug-likeness (QED) is 0.843. The first-order valence-corrected chi connectivity index (χ1v) is 7.78. The molecule has 6 heteroatoms. The van der Waals surface area contributed by atoms with E-state index in [1.165, 1.54) is 0 Å². The highest BCUT2D eigenvalue weighted by molar-refractivity contribution is 7.88. The predicted octanol–water partition coefficient (Wildman–Crippen LogP) is 1.59. The number of aryl methyl sites for hydroxylation is 1. The monoisotopic (exact) mass is 279 g/mol. The third-order valence-corrected chi connectivity index (χ3v) is 4.03. The maximum absolute atomic E-state index is 11.9. The van der Waals surface area contributed by atoms with Gasteiger partial charge in [0.2, 0.25) is 10.0 Å². The maximum Gasteiger partial charge on any atom is 0.216 e. The van der Waals surface area contributed by atoms with Crippen molar-refractivity contribution in [3.63, 3.8) is 0 Å². The van der Waals surface area contributed by atoms with Gasteiger partial charge in [0, 0.05) is 0 Å². The Hall–Kier alpha value is -1.66. The van der Waals surface area contributed by atoms with Gasteiger partial charge in [0.1, 0.15) is 0 Å². The van der Waals surface area contributed by atoms with Crippen LogP contribution in [0, 0.1) is 0 Å². The normalized spacial score (nSPS) is 11.6. The van der Waals surface area contributed by atoms with Crippen molar-refractivity contribution in [1.29, 1.82) is 0 Å². The molecule has 2 aromatic rings. The van der Waals surface area contributed by atoms with E-state index in [0.29, 0.717) is 0 Å². The van der Waals surface area contributed by atoms with Crippen LogP contribution in [-0.4, -0.2) is 18.6 Å². The second kappa shape index (κ2) is 5.99. The van der Waals surface area contributed by atoms with Crippen LogP contribution in [0.1, 0.15) is 23.9 Å². The molecule has 1 heterocycles. The highest BCUT2D eigenvalue weighted by atomic mass is 32.2. The summed E-state index contributed by atoms with van der Waals surface area (Å²) in [6.07, 6.45) is 0.827. The third-order valence-electron chi connectivity index (χ3n) is 2.73. The topological polar surface area (TPSA) is 74.8 Å². The lowest BCUT2D eigenvalue weighted by molar-refractivity contribution is 0.579. The largest absolute Gasteiger partial charge is 0.281 e. The van der Waals surface area contributed by atoms with Gasteiger partial charge in [0.05, 0.1) is 23.7 Å².